The number of rotatable bonds is 2. The molecule has 17 heavy (non-hydrogen) atoms. The summed E-state index contributed by atoms with van der Waals surface area (Å²) in [6.45, 7) is 0. The van der Waals surface area contributed by atoms with Crippen LogP contribution in [0.25, 0.3) is 11.1 Å². The van der Waals surface area contributed by atoms with Crippen molar-refractivity contribution < 1.29 is 0 Å². The first kappa shape index (κ1) is 10.3. The molecule has 0 aromatic carbocycles. The van der Waals surface area contributed by atoms with Crippen molar-refractivity contribution in [2.24, 2.45) is 0 Å². The van der Waals surface area contributed by atoms with Gasteiger partial charge in [-0.1, -0.05) is 36.5 Å². The number of nitrogens with one attached hydrogen (secondary N) is 1. The summed E-state index contributed by atoms with van der Waals surface area (Å²) < 4.78 is 0. The second-order valence-corrected chi connectivity index (χ2v) is 4.46. The van der Waals surface area contributed by atoms with Crippen LogP contribution < -0.4 is 0 Å². The molecule has 1 N–H and O–H groups in total. The summed E-state index contributed by atoms with van der Waals surface area (Å²) in [6.07, 6.45) is 17.6. The standard InChI is InChI=1S/C15H16N2/c1-3-7-12(8-4-1)14-11-15(17-16-14)13-9-5-2-6-10-13/h1,3,5,7,9-11H,2,4,6,8H2,(H,16,17). The minimum Gasteiger partial charge on any atom is -0.277 e. The van der Waals surface area contributed by atoms with Gasteiger partial charge in [0.1, 0.15) is 0 Å². The molecule has 2 heteroatoms. The minimum atomic E-state index is 1.09. The van der Waals surface area contributed by atoms with Crippen LogP contribution in [-0.2, 0) is 0 Å². The van der Waals surface area contributed by atoms with Crippen molar-refractivity contribution in [1.82, 2.24) is 10.2 Å². The van der Waals surface area contributed by atoms with Gasteiger partial charge in [-0.2, -0.15) is 5.10 Å². The number of nitrogens with zero attached hydrogens (tertiary/aromatic N) is 1. The number of hydrogen-bond donors (Lipinski definition) is 1. The first-order chi connectivity index (χ1) is 8.43. The number of aromatic amines is 1. The zero-order chi connectivity index (χ0) is 11.5. The van der Waals surface area contributed by atoms with Gasteiger partial charge in [0.2, 0.25) is 0 Å². The molecule has 2 nitrogen and oxygen atoms in total. The van der Waals surface area contributed by atoms with E-state index in [0.717, 1.165) is 37.1 Å². The van der Waals surface area contributed by atoms with Crippen LogP contribution in [0.4, 0.5) is 0 Å². The molecule has 1 heterocycles. The Hall–Kier alpha value is -1.83. The predicted octanol–water partition coefficient (Wildman–Crippen LogP) is 3.88. The Bertz CT molecular complexity index is 527. The molecule has 1 aromatic heterocycles. The molecule has 0 saturated carbocycles. The van der Waals surface area contributed by atoms with Crippen molar-refractivity contribution in [2.45, 2.75) is 25.7 Å². The van der Waals surface area contributed by atoms with E-state index in [1.165, 1.54) is 11.1 Å². The Morgan fingerprint density at radius 3 is 2.88 bits per heavy atom. The van der Waals surface area contributed by atoms with Gasteiger partial charge in [-0.25, -0.2) is 0 Å². The Kier molecular flexibility index (Phi) is 2.78. The average Bonchev–Trinajstić information content (AvgIpc) is 2.90. The highest BCUT2D eigenvalue weighted by molar-refractivity contribution is 5.75. The maximum Gasteiger partial charge on any atom is 0.0887 e. The van der Waals surface area contributed by atoms with Crippen LogP contribution in [0, 0.1) is 0 Å². The zero-order valence-electron chi connectivity index (χ0n) is 9.82. The molecule has 86 valence electrons. The first-order valence-corrected chi connectivity index (χ1v) is 6.22. The highest BCUT2D eigenvalue weighted by atomic mass is 15.1. The molecular formula is C15H16N2. The Balaban J connectivity index is 1.87. The summed E-state index contributed by atoms with van der Waals surface area (Å²) in [4.78, 5) is 0. The molecule has 0 spiro atoms. The lowest BCUT2D eigenvalue weighted by molar-refractivity contribution is 1.00. The lowest BCUT2D eigenvalue weighted by Gasteiger charge is -2.05. The van der Waals surface area contributed by atoms with Crippen molar-refractivity contribution in [3.63, 3.8) is 0 Å². The van der Waals surface area contributed by atoms with Gasteiger partial charge in [-0.15, -0.1) is 0 Å². The second-order valence-electron chi connectivity index (χ2n) is 4.46. The molecular weight excluding hydrogens is 208 g/mol. The highest BCUT2D eigenvalue weighted by Gasteiger charge is 2.09. The molecule has 0 amide bonds. The number of aromatic nitrogens is 2. The normalized spacial score (nSPS) is 19.1. The topological polar surface area (TPSA) is 28.7 Å². The predicted molar refractivity (Wildman–Crippen MR) is 71.3 cm³/mol. The third kappa shape index (κ3) is 2.16. The second kappa shape index (κ2) is 4.58. The molecule has 0 unspecified atom stereocenters. The highest BCUT2D eigenvalue weighted by Crippen LogP contribution is 2.25. The largest absolute Gasteiger partial charge is 0.277 e. The lowest BCUT2D eigenvalue weighted by atomic mass is 10.00. The van der Waals surface area contributed by atoms with E-state index in [4.69, 9.17) is 0 Å². The van der Waals surface area contributed by atoms with E-state index >= 15 is 0 Å². The smallest absolute Gasteiger partial charge is 0.0887 e. The molecule has 0 radical (unpaired) electrons. The van der Waals surface area contributed by atoms with Crippen LogP contribution in [0.15, 0.2) is 42.5 Å². The quantitative estimate of drug-likeness (QED) is 0.811. The van der Waals surface area contributed by atoms with Crippen LogP contribution in [0.2, 0.25) is 0 Å². The minimum absolute atomic E-state index is 1.09. The first-order valence-electron chi connectivity index (χ1n) is 6.22. The fourth-order valence-corrected chi connectivity index (χ4v) is 2.26. The number of H-pyrrole nitrogens is 1. The fourth-order valence-electron chi connectivity index (χ4n) is 2.26. The van der Waals surface area contributed by atoms with Crippen LogP contribution in [0.3, 0.4) is 0 Å². The summed E-state index contributed by atoms with van der Waals surface area (Å²) >= 11 is 0. The summed E-state index contributed by atoms with van der Waals surface area (Å²) in [5, 5.41) is 7.55. The van der Waals surface area contributed by atoms with Crippen LogP contribution >= 0.6 is 0 Å². The van der Waals surface area contributed by atoms with E-state index in [9.17, 15) is 0 Å². The summed E-state index contributed by atoms with van der Waals surface area (Å²) in [6, 6.07) is 2.16. The molecule has 0 fully saturated rings. The number of allylic oxidation sites excluding steroid dienone is 8. The van der Waals surface area contributed by atoms with Crippen LogP contribution in [0.5, 0.6) is 0 Å². The Morgan fingerprint density at radius 2 is 2.12 bits per heavy atom. The molecule has 2 aliphatic rings. The van der Waals surface area contributed by atoms with Gasteiger partial charge in [0.25, 0.3) is 0 Å². The SMILES string of the molecule is C1=CCCC(c2cc(C3=CCCC=C3)[nH]n2)=C1. The van der Waals surface area contributed by atoms with E-state index in [-0.39, 0.29) is 0 Å². The van der Waals surface area contributed by atoms with Crippen molar-refractivity contribution in [3.05, 3.63) is 53.9 Å². The van der Waals surface area contributed by atoms with Gasteiger partial charge in [-0.3, -0.25) is 5.10 Å². The summed E-state index contributed by atoms with van der Waals surface area (Å²) in [5.41, 5.74) is 4.81. The van der Waals surface area contributed by atoms with E-state index in [1.54, 1.807) is 0 Å². The molecule has 0 aliphatic heterocycles. The van der Waals surface area contributed by atoms with E-state index in [2.05, 4.69) is 52.7 Å². The third-order valence-corrected chi connectivity index (χ3v) is 3.23. The van der Waals surface area contributed by atoms with Gasteiger partial charge in [0.15, 0.2) is 0 Å². The van der Waals surface area contributed by atoms with Gasteiger partial charge in [-0.05, 0) is 42.9 Å². The van der Waals surface area contributed by atoms with Crippen molar-refractivity contribution in [2.75, 3.05) is 0 Å². The summed E-state index contributed by atoms with van der Waals surface area (Å²) in [5.74, 6) is 0. The molecule has 3 rings (SSSR count). The maximum absolute atomic E-state index is 4.41. The molecule has 0 saturated heterocycles. The zero-order valence-corrected chi connectivity index (χ0v) is 9.82. The average molecular weight is 224 g/mol. The fraction of sp³-hybridized carbons (Fsp3) is 0.267. The molecule has 2 aliphatic carbocycles. The monoisotopic (exact) mass is 224 g/mol. The molecule has 0 bridgehead atoms. The lowest BCUT2D eigenvalue weighted by Crippen LogP contribution is -1.87. The van der Waals surface area contributed by atoms with Crippen molar-refractivity contribution in [1.29, 1.82) is 0 Å². The van der Waals surface area contributed by atoms with Gasteiger partial charge in [0.05, 0.1) is 11.4 Å². The van der Waals surface area contributed by atoms with Crippen LogP contribution in [-0.4, -0.2) is 10.2 Å². The van der Waals surface area contributed by atoms with Crippen molar-refractivity contribution in [3.8, 4) is 0 Å². The molecule has 1 aromatic rings. The summed E-state index contributed by atoms with van der Waals surface area (Å²) in [7, 11) is 0. The van der Waals surface area contributed by atoms with Gasteiger partial charge < -0.3 is 0 Å². The third-order valence-electron chi connectivity index (χ3n) is 3.23. The van der Waals surface area contributed by atoms with Gasteiger partial charge in [0, 0.05) is 0 Å². The van der Waals surface area contributed by atoms with E-state index in [0.29, 0.717) is 0 Å². The van der Waals surface area contributed by atoms with Crippen LogP contribution in [0.1, 0.15) is 37.1 Å². The Morgan fingerprint density at radius 1 is 1.12 bits per heavy atom. The van der Waals surface area contributed by atoms with E-state index in [1.807, 2.05) is 0 Å². The van der Waals surface area contributed by atoms with Crippen molar-refractivity contribution >= 4 is 11.1 Å². The Labute approximate surface area is 101 Å². The van der Waals surface area contributed by atoms with E-state index < -0.39 is 0 Å². The molecule has 0 atom stereocenters. The van der Waals surface area contributed by atoms with Gasteiger partial charge >= 0.3 is 0 Å². The number of hydrogen-bond acceptors (Lipinski definition) is 1. The maximum atomic E-state index is 4.41.